The van der Waals surface area contributed by atoms with Crippen molar-refractivity contribution >= 4 is 23.2 Å². The summed E-state index contributed by atoms with van der Waals surface area (Å²) in [6.07, 6.45) is 4.86. The first-order valence-corrected chi connectivity index (χ1v) is 7.39. The van der Waals surface area contributed by atoms with E-state index in [1.807, 2.05) is 0 Å². The number of amides is 2. The molecule has 0 saturated carbocycles. The molecule has 1 aromatic heterocycles. The van der Waals surface area contributed by atoms with Crippen LogP contribution in [0.25, 0.3) is 5.57 Å². The molecule has 0 aliphatic carbocycles. The molecule has 7 nitrogen and oxygen atoms in total. The van der Waals surface area contributed by atoms with Gasteiger partial charge in [0.1, 0.15) is 17.9 Å². The highest BCUT2D eigenvalue weighted by Crippen LogP contribution is 2.23. The van der Waals surface area contributed by atoms with Crippen LogP contribution in [0.2, 0.25) is 0 Å². The van der Waals surface area contributed by atoms with Gasteiger partial charge < -0.3 is 15.0 Å². The first kappa shape index (κ1) is 17.4. The molecule has 1 unspecified atom stereocenters. The normalized spacial score (nSPS) is 17.6. The molecule has 1 aliphatic rings. The Morgan fingerprint density at radius 2 is 2.25 bits per heavy atom. The first-order valence-electron chi connectivity index (χ1n) is 7.39. The number of nitrogens with one attached hydrogen (secondary N) is 1. The SMILES string of the molecule is C=C/C=C(\C(=C)OC)c1cc(NC(=O)C2CC(=O)N(C)C2)ncn1. The Labute approximate surface area is 140 Å². The quantitative estimate of drug-likeness (QED) is 0.634. The summed E-state index contributed by atoms with van der Waals surface area (Å²) >= 11 is 0. The number of nitrogens with zero attached hydrogens (tertiary/aromatic N) is 3. The Kier molecular flexibility index (Phi) is 5.47. The molecule has 0 bridgehead atoms. The van der Waals surface area contributed by atoms with Gasteiger partial charge >= 0.3 is 0 Å². The number of hydrogen-bond donors (Lipinski definition) is 1. The van der Waals surface area contributed by atoms with Crippen LogP contribution in [0.1, 0.15) is 12.1 Å². The smallest absolute Gasteiger partial charge is 0.230 e. The number of carbonyl (C=O) groups excluding carboxylic acids is 2. The van der Waals surface area contributed by atoms with Crippen LogP contribution in [0, 0.1) is 5.92 Å². The second-order valence-corrected chi connectivity index (χ2v) is 5.40. The fourth-order valence-corrected chi connectivity index (χ4v) is 2.39. The van der Waals surface area contributed by atoms with Gasteiger partial charge in [-0.25, -0.2) is 9.97 Å². The molecule has 2 amide bonds. The van der Waals surface area contributed by atoms with Crippen LogP contribution >= 0.6 is 0 Å². The van der Waals surface area contributed by atoms with Crippen LogP contribution in [-0.2, 0) is 14.3 Å². The van der Waals surface area contributed by atoms with Crippen molar-refractivity contribution in [1.82, 2.24) is 14.9 Å². The van der Waals surface area contributed by atoms with E-state index >= 15 is 0 Å². The van der Waals surface area contributed by atoms with Crippen LogP contribution in [-0.4, -0.2) is 47.4 Å². The average Bonchev–Trinajstić information content (AvgIpc) is 2.91. The number of rotatable bonds is 6. The molecule has 0 aromatic carbocycles. The van der Waals surface area contributed by atoms with E-state index in [4.69, 9.17) is 4.74 Å². The lowest BCUT2D eigenvalue weighted by atomic mass is 10.1. The maximum absolute atomic E-state index is 12.3. The highest BCUT2D eigenvalue weighted by atomic mass is 16.5. The predicted octanol–water partition coefficient (Wildman–Crippen LogP) is 1.62. The molecule has 2 heterocycles. The number of likely N-dealkylation sites (tertiary alicyclic amines) is 1. The summed E-state index contributed by atoms with van der Waals surface area (Å²) in [5.74, 6) is 0.126. The minimum absolute atomic E-state index is 0.0360. The van der Waals surface area contributed by atoms with E-state index < -0.39 is 0 Å². The largest absolute Gasteiger partial charge is 0.497 e. The molecule has 1 aliphatic heterocycles. The third-order valence-electron chi connectivity index (χ3n) is 3.74. The van der Waals surface area contributed by atoms with Crippen LogP contribution in [0.4, 0.5) is 5.82 Å². The van der Waals surface area contributed by atoms with Crippen molar-refractivity contribution in [3.05, 3.63) is 49.2 Å². The van der Waals surface area contributed by atoms with Gasteiger partial charge in [-0.3, -0.25) is 9.59 Å². The number of methoxy groups -OCH3 is 1. The van der Waals surface area contributed by atoms with Gasteiger partial charge in [-0.1, -0.05) is 19.2 Å². The van der Waals surface area contributed by atoms with Gasteiger partial charge in [-0.15, -0.1) is 0 Å². The van der Waals surface area contributed by atoms with Crippen molar-refractivity contribution < 1.29 is 14.3 Å². The molecule has 126 valence electrons. The molecule has 1 N–H and O–H groups in total. The Morgan fingerprint density at radius 1 is 1.50 bits per heavy atom. The zero-order valence-electron chi connectivity index (χ0n) is 13.8. The van der Waals surface area contributed by atoms with Gasteiger partial charge in [0.2, 0.25) is 11.8 Å². The lowest BCUT2D eigenvalue weighted by Gasteiger charge is -2.12. The fraction of sp³-hybridized carbons (Fsp3) is 0.294. The number of anilines is 1. The molecular weight excluding hydrogens is 308 g/mol. The minimum Gasteiger partial charge on any atom is -0.497 e. The van der Waals surface area contributed by atoms with E-state index in [-0.39, 0.29) is 24.2 Å². The molecule has 1 aromatic rings. The molecule has 1 saturated heterocycles. The molecule has 1 fully saturated rings. The minimum atomic E-state index is -0.377. The summed E-state index contributed by atoms with van der Waals surface area (Å²) in [4.78, 5) is 33.6. The van der Waals surface area contributed by atoms with E-state index in [1.165, 1.54) is 13.4 Å². The van der Waals surface area contributed by atoms with E-state index in [1.54, 1.807) is 30.2 Å². The molecule has 0 radical (unpaired) electrons. The zero-order chi connectivity index (χ0) is 17.7. The van der Waals surface area contributed by atoms with Gasteiger partial charge in [0, 0.05) is 31.7 Å². The third kappa shape index (κ3) is 3.87. The molecule has 7 heteroatoms. The summed E-state index contributed by atoms with van der Waals surface area (Å²) in [6, 6.07) is 1.62. The third-order valence-corrected chi connectivity index (χ3v) is 3.74. The van der Waals surface area contributed by atoms with Crippen molar-refractivity contribution in [2.45, 2.75) is 6.42 Å². The standard InChI is InChI=1S/C17H20N4O3/c1-5-6-13(11(2)24-4)14-8-15(19-10-18-14)20-17(23)12-7-16(22)21(3)9-12/h5-6,8,10,12H,1-2,7,9H2,3-4H3,(H,18,19,20,23)/b13-6+. The fourth-order valence-electron chi connectivity index (χ4n) is 2.39. The van der Waals surface area contributed by atoms with Crippen LogP contribution < -0.4 is 5.32 Å². The molecule has 2 rings (SSSR count). The number of hydrogen-bond acceptors (Lipinski definition) is 5. The van der Waals surface area contributed by atoms with Crippen LogP contribution in [0.3, 0.4) is 0 Å². The van der Waals surface area contributed by atoms with Crippen LogP contribution in [0.5, 0.6) is 0 Å². The van der Waals surface area contributed by atoms with Gasteiger partial charge in [0.25, 0.3) is 0 Å². The zero-order valence-corrected chi connectivity index (χ0v) is 13.8. The molecular formula is C17H20N4O3. The highest BCUT2D eigenvalue weighted by Gasteiger charge is 2.32. The lowest BCUT2D eigenvalue weighted by molar-refractivity contribution is -0.127. The average molecular weight is 328 g/mol. The second kappa shape index (κ2) is 7.54. The highest BCUT2D eigenvalue weighted by molar-refractivity contribution is 5.96. The summed E-state index contributed by atoms with van der Waals surface area (Å²) in [5.41, 5.74) is 1.19. The summed E-state index contributed by atoms with van der Waals surface area (Å²) < 4.78 is 5.14. The monoisotopic (exact) mass is 328 g/mol. The number of carbonyl (C=O) groups is 2. The topological polar surface area (TPSA) is 84.4 Å². The van der Waals surface area contributed by atoms with E-state index in [2.05, 4.69) is 28.4 Å². The van der Waals surface area contributed by atoms with Crippen molar-refractivity contribution in [2.24, 2.45) is 5.92 Å². The maximum Gasteiger partial charge on any atom is 0.230 e. The molecule has 1 atom stereocenters. The van der Waals surface area contributed by atoms with Crippen molar-refractivity contribution in [1.29, 1.82) is 0 Å². The second-order valence-electron chi connectivity index (χ2n) is 5.40. The van der Waals surface area contributed by atoms with E-state index in [0.29, 0.717) is 29.4 Å². The number of aromatic nitrogens is 2. The van der Waals surface area contributed by atoms with E-state index in [0.717, 1.165) is 0 Å². The summed E-state index contributed by atoms with van der Waals surface area (Å²) in [6.45, 7) is 7.87. The van der Waals surface area contributed by atoms with Crippen molar-refractivity contribution in [2.75, 3.05) is 26.0 Å². The van der Waals surface area contributed by atoms with Gasteiger partial charge in [0.05, 0.1) is 18.7 Å². The Balaban J connectivity index is 2.17. The molecule has 24 heavy (non-hydrogen) atoms. The van der Waals surface area contributed by atoms with Crippen molar-refractivity contribution in [3.8, 4) is 0 Å². The Morgan fingerprint density at radius 3 is 2.83 bits per heavy atom. The van der Waals surface area contributed by atoms with Crippen LogP contribution in [0.15, 0.2) is 43.5 Å². The first-order chi connectivity index (χ1) is 11.5. The van der Waals surface area contributed by atoms with Gasteiger partial charge in [-0.05, 0) is 6.08 Å². The number of allylic oxidation sites excluding steroid dienone is 3. The van der Waals surface area contributed by atoms with Gasteiger partial charge in [0.15, 0.2) is 0 Å². The Hall–Kier alpha value is -2.96. The molecule has 0 spiro atoms. The van der Waals surface area contributed by atoms with Gasteiger partial charge in [-0.2, -0.15) is 0 Å². The summed E-state index contributed by atoms with van der Waals surface area (Å²) in [7, 11) is 3.19. The maximum atomic E-state index is 12.3. The number of ether oxygens (including phenoxy) is 1. The van der Waals surface area contributed by atoms with E-state index in [9.17, 15) is 9.59 Å². The Bertz CT molecular complexity index is 712. The van der Waals surface area contributed by atoms with Crippen molar-refractivity contribution in [3.63, 3.8) is 0 Å². The summed E-state index contributed by atoms with van der Waals surface area (Å²) in [5, 5.41) is 2.73. The predicted molar refractivity (Wildman–Crippen MR) is 90.7 cm³/mol. The lowest BCUT2D eigenvalue weighted by Crippen LogP contribution is -2.26.